The van der Waals surface area contributed by atoms with E-state index in [-0.39, 0.29) is 29.1 Å². The molecule has 1 aromatic rings. The Bertz CT molecular complexity index is 696. The summed E-state index contributed by atoms with van der Waals surface area (Å²) in [6.07, 6.45) is 6.23. The Hall–Kier alpha value is -2.95. The zero-order valence-corrected chi connectivity index (χ0v) is 13.1. The van der Waals surface area contributed by atoms with Gasteiger partial charge in [0.05, 0.1) is 17.6 Å². The van der Waals surface area contributed by atoms with E-state index in [0.717, 1.165) is 31.7 Å². The van der Waals surface area contributed by atoms with Crippen LogP contribution in [-0.2, 0) is 4.79 Å². The summed E-state index contributed by atoms with van der Waals surface area (Å²) in [4.78, 5) is 15.0. The summed E-state index contributed by atoms with van der Waals surface area (Å²) >= 11 is 0. The molecule has 1 aliphatic carbocycles. The van der Waals surface area contributed by atoms with E-state index in [2.05, 4.69) is 21.7 Å². The van der Waals surface area contributed by atoms with Gasteiger partial charge in [-0.2, -0.15) is 9.65 Å². The zero-order valence-electron chi connectivity index (χ0n) is 13.1. The number of carbonyl (C=O) groups is 1. The van der Waals surface area contributed by atoms with Gasteiger partial charge in [-0.15, -0.1) is 0 Å². The number of hydrogen-bond donors (Lipinski definition) is 4. The van der Waals surface area contributed by atoms with Crippen molar-refractivity contribution >= 4 is 17.4 Å². The molecular formula is C16H19FN6O. The van der Waals surface area contributed by atoms with E-state index >= 15 is 0 Å². The van der Waals surface area contributed by atoms with E-state index < -0.39 is 11.9 Å². The molecule has 126 valence electrons. The standard InChI is InChI=1S/C16H19FN6O/c17-14-7-11(5-6-21-14)23-15(19)12(16(20)24)9-22-13-4-2-1-3-10(13)8-18/h5-7,9-10,13,22H,1-4H2,(H2,20,24)(H2,19,21,23)/b12-9+/t10?,13-/m0/s1. The summed E-state index contributed by atoms with van der Waals surface area (Å²) in [6, 6.07) is 4.75. The number of hydrogen-bond acceptors (Lipinski definition) is 5. The first kappa shape index (κ1) is 17.4. The Morgan fingerprint density at radius 2 is 2.25 bits per heavy atom. The zero-order chi connectivity index (χ0) is 17.5. The molecule has 2 rings (SSSR count). The van der Waals surface area contributed by atoms with Gasteiger partial charge in [-0.05, 0) is 18.9 Å². The molecule has 1 aromatic heterocycles. The van der Waals surface area contributed by atoms with Gasteiger partial charge in [-0.1, -0.05) is 12.8 Å². The molecule has 24 heavy (non-hydrogen) atoms. The van der Waals surface area contributed by atoms with Gasteiger partial charge in [0.25, 0.3) is 5.91 Å². The maximum Gasteiger partial charge on any atom is 0.253 e. The predicted octanol–water partition coefficient (Wildman–Crippen LogP) is 1.65. The Labute approximate surface area is 139 Å². The van der Waals surface area contributed by atoms with Crippen molar-refractivity contribution in [1.82, 2.24) is 10.3 Å². The number of amidine groups is 1. The molecule has 1 fully saturated rings. The van der Waals surface area contributed by atoms with Gasteiger partial charge in [0.2, 0.25) is 5.95 Å². The van der Waals surface area contributed by atoms with Crippen LogP contribution in [0.1, 0.15) is 25.7 Å². The van der Waals surface area contributed by atoms with Gasteiger partial charge >= 0.3 is 0 Å². The lowest BCUT2D eigenvalue weighted by Crippen LogP contribution is -2.36. The molecule has 1 unspecified atom stereocenters. The topological polar surface area (TPSA) is 128 Å². The maximum absolute atomic E-state index is 13.1. The third kappa shape index (κ3) is 4.52. The molecule has 0 saturated heterocycles. The Kier molecular flexibility index (Phi) is 5.84. The van der Waals surface area contributed by atoms with Gasteiger partial charge in [0.1, 0.15) is 5.84 Å². The number of rotatable bonds is 5. The summed E-state index contributed by atoms with van der Waals surface area (Å²) in [6.45, 7) is 0. The third-order valence-corrected chi connectivity index (χ3v) is 3.90. The highest BCUT2D eigenvalue weighted by Gasteiger charge is 2.24. The van der Waals surface area contributed by atoms with Gasteiger partial charge < -0.3 is 16.4 Å². The summed E-state index contributed by atoms with van der Waals surface area (Å²) in [5, 5.41) is 22.8. The average molecular weight is 330 g/mol. The molecule has 0 aliphatic heterocycles. The molecule has 5 N–H and O–H groups in total. The SMILES string of the molecule is N#CC1CCCC[C@@H]1N/C=C(\C(=N)Nc1ccnc(F)c1)C(N)=O. The molecule has 8 heteroatoms. The van der Waals surface area contributed by atoms with Crippen molar-refractivity contribution in [1.29, 1.82) is 10.7 Å². The quantitative estimate of drug-likeness (QED) is 0.282. The van der Waals surface area contributed by atoms with Crippen molar-refractivity contribution in [2.45, 2.75) is 31.7 Å². The van der Waals surface area contributed by atoms with Crippen molar-refractivity contribution in [3.05, 3.63) is 36.1 Å². The van der Waals surface area contributed by atoms with Crippen LogP contribution in [0, 0.1) is 28.6 Å². The minimum absolute atomic E-state index is 0.0746. The van der Waals surface area contributed by atoms with Crippen LogP contribution in [0.4, 0.5) is 10.1 Å². The number of aromatic nitrogens is 1. The minimum Gasteiger partial charge on any atom is -0.386 e. The van der Waals surface area contributed by atoms with Gasteiger partial charge in [0, 0.05) is 30.2 Å². The molecule has 0 radical (unpaired) electrons. The van der Waals surface area contributed by atoms with Crippen molar-refractivity contribution < 1.29 is 9.18 Å². The lowest BCUT2D eigenvalue weighted by Gasteiger charge is -2.27. The lowest BCUT2D eigenvalue weighted by molar-refractivity contribution is -0.114. The monoisotopic (exact) mass is 330 g/mol. The number of nitrogens with zero attached hydrogens (tertiary/aromatic N) is 2. The lowest BCUT2D eigenvalue weighted by atomic mass is 9.85. The fourth-order valence-electron chi connectivity index (χ4n) is 2.63. The fraction of sp³-hybridized carbons (Fsp3) is 0.375. The number of nitrogens with two attached hydrogens (primary N) is 1. The highest BCUT2D eigenvalue weighted by molar-refractivity contribution is 6.23. The normalized spacial score (nSPS) is 20.8. The maximum atomic E-state index is 13.1. The van der Waals surface area contributed by atoms with Gasteiger partial charge in [-0.3, -0.25) is 10.2 Å². The highest BCUT2D eigenvalue weighted by atomic mass is 19.1. The number of halogens is 1. The van der Waals surface area contributed by atoms with Crippen molar-refractivity contribution in [2.75, 3.05) is 5.32 Å². The molecule has 1 heterocycles. The van der Waals surface area contributed by atoms with Crippen LogP contribution in [0.3, 0.4) is 0 Å². The molecule has 0 bridgehead atoms. The van der Waals surface area contributed by atoms with Crippen LogP contribution in [0.2, 0.25) is 0 Å². The van der Waals surface area contributed by atoms with Crippen LogP contribution in [0.5, 0.6) is 0 Å². The molecule has 2 atom stereocenters. The predicted molar refractivity (Wildman–Crippen MR) is 87.3 cm³/mol. The fourth-order valence-corrected chi connectivity index (χ4v) is 2.63. The van der Waals surface area contributed by atoms with Crippen molar-refractivity contribution in [3.8, 4) is 6.07 Å². The molecule has 0 aromatic carbocycles. The van der Waals surface area contributed by atoms with E-state index in [4.69, 9.17) is 16.4 Å². The molecule has 7 nitrogen and oxygen atoms in total. The average Bonchev–Trinajstić information content (AvgIpc) is 2.55. The van der Waals surface area contributed by atoms with Crippen molar-refractivity contribution in [2.24, 2.45) is 11.7 Å². The van der Waals surface area contributed by atoms with E-state index in [0.29, 0.717) is 0 Å². The first-order chi connectivity index (χ1) is 11.5. The number of anilines is 1. The Morgan fingerprint density at radius 3 is 2.92 bits per heavy atom. The second-order valence-corrected chi connectivity index (χ2v) is 5.58. The van der Waals surface area contributed by atoms with Crippen LogP contribution >= 0.6 is 0 Å². The van der Waals surface area contributed by atoms with Crippen LogP contribution in [0.15, 0.2) is 30.1 Å². The number of amides is 1. The smallest absolute Gasteiger partial charge is 0.253 e. The molecule has 1 saturated carbocycles. The molecule has 1 aliphatic rings. The third-order valence-electron chi connectivity index (χ3n) is 3.90. The number of nitrogens with one attached hydrogen (secondary N) is 3. The molecule has 0 spiro atoms. The second kappa shape index (κ2) is 8.06. The van der Waals surface area contributed by atoms with E-state index in [1.54, 1.807) is 0 Å². The number of pyridine rings is 1. The highest BCUT2D eigenvalue weighted by Crippen LogP contribution is 2.23. The van der Waals surface area contributed by atoms with Gasteiger partial charge in [-0.25, -0.2) is 4.98 Å². The van der Waals surface area contributed by atoms with E-state index in [1.807, 2.05) is 0 Å². The van der Waals surface area contributed by atoms with Gasteiger partial charge in [0.15, 0.2) is 0 Å². The van der Waals surface area contributed by atoms with Crippen LogP contribution < -0.4 is 16.4 Å². The second-order valence-electron chi connectivity index (χ2n) is 5.58. The number of carbonyl (C=O) groups excluding carboxylic acids is 1. The Balaban J connectivity index is 2.09. The Morgan fingerprint density at radius 1 is 1.50 bits per heavy atom. The number of nitriles is 1. The van der Waals surface area contributed by atoms with Crippen molar-refractivity contribution in [3.63, 3.8) is 0 Å². The molecular weight excluding hydrogens is 311 g/mol. The summed E-state index contributed by atoms with van der Waals surface area (Å²) in [5.41, 5.74) is 5.53. The summed E-state index contributed by atoms with van der Waals surface area (Å²) < 4.78 is 13.1. The summed E-state index contributed by atoms with van der Waals surface area (Å²) in [7, 11) is 0. The first-order valence-corrected chi connectivity index (χ1v) is 7.64. The van der Waals surface area contributed by atoms with E-state index in [1.165, 1.54) is 18.5 Å². The first-order valence-electron chi connectivity index (χ1n) is 7.64. The largest absolute Gasteiger partial charge is 0.386 e. The van der Waals surface area contributed by atoms with Crippen LogP contribution in [-0.4, -0.2) is 22.8 Å². The number of primary amides is 1. The van der Waals surface area contributed by atoms with E-state index in [9.17, 15) is 9.18 Å². The summed E-state index contributed by atoms with van der Waals surface area (Å²) in [5.74, 6) is -1.89. The van der Waals surface area contributed by atoms with Crippen LogP contribution in [0.25, 0.3) is 0 Å². The minimum atomic E-state index is -0.793. The molecule has 1 amide bonds.